The topological polar surface area (TPSA) is 116 Å². The molecule has 0 saturated heterocycles. The van der Waals surface area contributed by atoms with Gasteiger partial charge in [0, 0.05) is 11.4 Å². The fourth-order valence-corrected chi connectivity index (χ4v) is 2.04. The van der Waals surface area contributed by atoms with Gasteiger partial charge in [0.15, 0.2) is 11.9 Å². The first-order valence-electron chi connectivity index (χ1n) is 7.35. The number of rotatable bonds is 6. The third-order valence-corrected chi connectivity index (χ3v) is 3.11. The van der Waals surface area contributed by atoms with Crippen molar-refractivity contribution in [1.29, 1.82) is 0 Å². The molecule has 8 nitrogen and oxygen atoms in total. The zero-order valence-electron chi connectivity index (χ0n) is 13.2. The lowest BCUT2D eigenvalue weighted by Gasteiger charge is -2.13. The zero-order valence-corrected chi connectivity index (χ0v) is 13.2. The van der Waals surface area contributed by atoms with Gasteiger partial charge in [-0.1, -0.05) is 6.92 Å². The van der Waals surface area contributed by atoms with Gasteiger partial charge in [-0.3, -0.25) is 10.4 Å². The number of hydrogen-bond acceptors (Lipinski definition) is 4. The number of H-pyrrole nitrogens is 1. The number of amides is 2. The molecule has 0 aliphatic heterocycles. The first kappa shape index (κ1) is 16.6. The summed E-state index contributed by atoms with van der Waals surface area (Å²) in [6, 6.07) is 4.66. The molecule has 8 heteroatoms. The van der Waals surface area contributed by atoms with Crippen LogP contribution in [0.2, 0.25) is 0 Å². The Morgan fingerprint density at radius 1 is 1.39 bits per heavy atom. The van der Waals surface area contributed by atoms with Gasteiger partial charge in [0.05, 0.1) is 5.52 Å². The number of carboxylic acid groups (broad SMARTS) is 1. The minimum atomic E-state index is -1.02. The van der Waals surface area contributed by atoms with E-state index in [1.807, 2.05) is 13.8 Å². The summed E-state index contributed by atoms with van der Waals surface area (Å²) in [7, 11) is 0. The van der Waals surface area contributed by atoms with Crippen LogP contribution in [0.25, 0.3) is 10.9 Å². The number of carbonyl (C=O) groups is 2. The molecule has 4 N–H and O–H groups in total. The van der Waals surface area contributed by atoms with E-state index >= 15 is 0 Å². The van der Waals surface area contributed by atoms with Crippen molar-refractivity contribution < 1.29 is 19.4 Å². The standard InChI is InChI=1S/C15H20N4O4/c1-4-12(14(20)21)23-9-5-6-11-10(7-9)13(19-18-11)17-15(22)16-8(2)3/h5-8,12H,4H2,1-3H3,(H,20,21)(H3,16,17,18,19,22). The van der Waals surface area contributed by atoms with E-state index in [1.54, 1.807) is 25.1 Å². The Morgan fingerprint density at radius 3 is 2.74 bits per heavy atom. The van der Waals surface area contributed by atoms with E-state index in [4.69, 9.17) is 9.84 Å². The number of aromatic amines is 1. The molecule has 0 spiro atoms. The molecular weight excluding hydrogens is 300 g/mol. The van der Waals surface area contributed by atoms with E-state index in [2.05, 4.69) is 20.8 Å². The van der Waals surface area contributed by atoms with Crippen molar-refractivity contribution in [3.63, 3.8) is 0 Å². The van der Waals surface area contributed by atoms with Crippen molar-refractivity contribution in [2.24, 2.45) is 0 Å². The SMILES string of the molecule is CCC(Oc1ccc2[nH]nc(NC(=O)NC(C)C)c2c1)C(=O)O. The molecule has 23 heavy (non-hydrogen) atoms. The second kappa shape index (κ2) is 6.99. The molecule has 1 heterocycles. The normalized spacial score (nSPS) is 12.2. The Morgan fingerprint density at radius 2 is 2.13 bits per heavy atom. The fraction of sp³-hybridized carbons (Fsp3) is 0.400. The van der Waals surface area contributed by atoms with Gasteiger partial charge in [0.25, 0.3) is 0 Å². The molecule has 0 radical (unpaired) electrons. The summed E-state index contributed by atoms with van der Waals surface area (Å²) in [6.07, 6.45) is -0.569. The van der Waals surface area contributed by atoms with Crippen molar-refractivity contribution in [2.45, 2.75) is 39.3 Å². The van der Waals surface area contributed by atoms with E-state index in [0.29, 0.717) is 28.9 Å². The van der Waals surface area contributed by atoms with E-state index in [9.17, 15) is 9.59 Å². The minimum absolute atomic E-state index is 0.0000192. The second-order valence-electron chi connectivity index (χ2n) is 5.39. The van der Waals surface area contributed by atoms with E-state index < -0.39 is 12.1 Å². The number of hydrogen-bond donors (Lipinski definition) is 4. The molecular formula is C15H20N4O4. The van der Waals surface area contributed by atoms with Gasteiger partial charge in [-0.25, -0.2) is 9.59 Å². The van der Waals surface area contributed by atoms with Crippen LogP contribution in [0.4, 0.5) is 10.6 Å². The van der Waals surface area contributed by atoms with E-state index in [1.165, 1.54) is 0 Å². The highest BCUT2D eigenvalue weighted by Gasteiger charge is 2.18. The summed E-state index contributed by atoms with van der Waals surface area (Å²) in [5, 5.41) is 21.9. The number of nitrogens with zero attached hydrogens (tertiary/aromatic N) is 1. The average Bonchev–Trinajstić information content (AvgIpc) is 2.86. The van der Waals surface area contributed by atoms with Gasteiger partial charge in [-0.05, 0) is 38.5 Å². The summed E-state index contributed by atoms with van der Waals surface area (Å²) < 4.78 is 5.46. The molecule has 2 amide bonds. The van der Waals surface area contributed by atoms with Crippen LogP contribution >= 0.6 is 0 Å². The van der Waals surface area contributed by atoms with Crippen molar-refractivity contribution in [1.82, 2.24) is 15.5 Å². The molecule has 0 saturated carbocycles. The molecule has 124 valence electrons. The maximum absolute atomic E-state index is 11.8. The number of fused-ring (bicyclic) bond motifs is 1. The van der Waals surface area contributed by atoms with Gasteiger partial charge < -0.3 is 15.2 Å². The zero-order chi connectivity index (χ0) is 17.0. The van der Waals surface area contributed by atoms with Crippen LogP contribution in [0.1, 0.15) is 27.2 Å². The predicted molar refractivity (Wildman–Crippen MR) is 85.7 cm³/mol. The largest absolute Gasteiger partial charge is 0.479 e. The number of carbonyl (C=O) groups excluding carboxylic acids is 1. The smallest absolute Gasteiger partial charge is 0.344 e. The fourth-order valence-electron chi connectivity index (χ4n) is 2.04. The van der Waals surface area contributed by atoms with Crippen molar-refractivity contribution in [3.8, 4) is 5.75 Å². The van der Waals surface area contributed by atoms with Crippen LogP contribution < -0.4 is 15.4 Å². The number of carboxylic acids is 1. The Hall–Kier alpha value is -2.77. The van der Waals surface area contributed by atoms with Gasteiger partial charge >= 0.3 is 12.0 Å². The highest BCUT2D eigenvalue weighted by atomic mass is 16.5. The maximum atomic E-state index is 11.8. The van der Waals surface area contributed by atoms with Crippen molar-refractivity contribution >= 4 is 28.7 Å². The number of nitrogens with one attached hydrogen (secondary N) is 3. The lowest BCUT2D eigenvalue weighted by molar-refractivity contribution is -0.145. The molecule has 1 aromatic heterocycles. The van der Waals surface area contributed by atoms with E-state index in [0.717, 1.165) is 0 Å². The quantitative estimate of drug-likeness (QED) is 0.652. The summed E-state index contributed by atoms with van der Waals surface area (Å²) in [4.78, 5) is 22.8. The third kappa shape index (κ3) is 4.12. The monoisotopic (exact) mass is 320 g/mol. The molecule has 0 bridgehead atoms. The lowest BCUT2D eigenvalue weighted by atomic mass is 10.2. The van der Waals surface area contributed by atoms with Crippen LogP contribution in [0, 0.1) is 0 Å². The molecule has 1 atom stereocenters. The molecule has 1 unspecified atom stereocenters. The van der Waals surface area contributed by atoms with Gasteiger partial charge in [-0.2, -0.15) is 5.10 Å². The van der Waals surface area contributed by atoms with Crippen LogP contribution in [-0.4, -0.2) is 39.5 Å². The highest BCUT2D eigenvalue weighted by Crippen LogP contribution is 2.26. The van der Waals surface area contributed by atoms with Gasteiger partial charge in [-0.15, -0.1) is 0 Å². The number of anilines is 1. The summed E-state index contributed by atoms with van der Waals surface area (Å²) in [5.74, 6) is -0.262. The third-order valence-electron chi connectivity index (χ3n) is 3.11. The van der Waals surface area contributed by atoms with E-state index in [-0.39, 0.29) is 12.1 Å². The minimum Gasteiger partial charge on any atom is -0.479 e. The van der Waals surface area contributed by atoms with Crippen LogP contribution in [0.5, 0.6) is 5.75 Å². The number of urea groups is 1. The van der Waals surface area contributed by atoms with Crippen LogP contribution in [-0.2, 0) is 4.79 Å². The maximum Gasteiger partial charge on any atom is 0.344 e. The highest BCUT2D eigenvalue weighted by molar-refractivity contribution is 5.99. The molecule has 2 rings (SSSR count). The second-order valence-corrected chi connectivity index (χ2v) is 5.39. The molecule has 0 aliphatic rings. The summed E-state index contributed by atoms with van der Waals surface area (Å²) in [5.41, 5.74) is 0.709. The summed E-state index contributed by atoms with van der Waals surface area (Å²) >= 11 is 0. The Balaban J connectivity index is 2.22. The molecule has 1 aromatic carbocycles. The Bertz CT molecular complexity index is 711. The summed E-state index contributed by atoms with van der Waals surface area (Å²) in [6.45, 7) is 5.44. The number of benzene rings is 1. The first-order chi connectivity index (χ1) is 10.9. The Labute approximate surface area is 133 Å². The average molecular weight is 320 g/mol. The van der Waals surface area contributed by atoms with Gasteiger partial charge in [0.1, 0.15) is 5.75 Å². The van der Waals surface area contributed by atoms with Crippen molar-refractivity contribution in [3.05, 3.63) is 18.2 Å². The van der Waals surface area contributed by atoms with Gasteiger partial charge in [0.2, 0.25) is 0 Å². The number of aromatic nitrogens is 2. The molecule has 0 fully saturated rings. The Kier molecular flexibility index (Phi) is 5.05. The number of aliphatic carboxylic acids is 1. The van der Waals surface area contributed by atoms with Crippen molar-refractivity contribution in [2.75, 3.05) is 5.32 Å². The number of ether oxygens (including phenoxy) is 1. The van der Waals surface area contributed by atoms with Crippen LogP contribution in [0.15, 0.2) is 18.2 Å². The lowest BCUT2D eigenvalue weighted by Crippen LogP contribution is -2.34. The predicted octanol–water partition coefficient (Wildman–Crippen LogP) is 2.33. The molecule has 2 aromatic rings. The first-order valence-corrected chi connectivity index (χ1v) is 7.35. The van der Waals surface area contributed by atoms with Crippen LogP contribution in [0.3, 0.4) is 0 Å². The molecule has 0 aliphatic carbocycles.